The largest absolute Gasteiger partial charge is 0.494 e. The molecule has 5 heteroatoms. The van der Waals surface area contributed by atoms with Crippen LogP contribution in [0.3, 0.4) is 0 Å². The number of nitrogens with zero attached hydrogens (tertiary/aromatic N) is 1. The third-order valence-electron chi connectivity index (χ3n) is 5.52. The van der Waals surface area contributed by atoms with Crippen LogP contribution in [0.5, 0.6) is 5.75 Å². The monoisotopic (exact) mass is 408 g/mol. The number of carbonyl (C=O) groups excluding carboxylic acids is 2. The number of hydrogen-bond donors (Lipinski definition) is 1. The number of hydrogen-bond acceptors (Lipinski definition) is 3. The van der Waals surface area contributed by atoms with Crippen LogP contribution in [0.25, 0.3) is 0 Å². The van der Waals surface area contributed by atoms with Crippen molar-refractivity contribution in [2.45, 2.75) is 40.0 Å². The number of rotatable bonds is 7. The molecule has 30 heavy (non-hydrogen) atoms. The van der Waals surface area contributed by atoms with Crippen molar-refractivity contribution in [3.63, 3.8) is 0 Å². The molecule has 0 spiro atoms. The van der Waals surface area contributed by atoms with Gasteiger partial charge < -0.3 is 15.0 Å². The molecule has 1 aliphatic heterocycles. The molecule has 0 aliphatic carbocycles. The predicted octanol–water partition coefficient (Wildman–Crippen LogP) is 5.24. The van der Waals surface area contributed by atoms with Crippen molar-refractivity contribution >= 4 is 17.5 Å². The standard InChI is InChI=1S/C25H32N2O3/c1-18(2)13-16-30-23-9-7-20(8-10-23)24(28)26-22-6-4-5-21(17-22)25(29)27-14-11-19(3)12-15-27/h4-10,17-19H,11-16H2,1-3H3,(H,26,28). The zero-order valence-corrected chi connectivity index (χ0v) is 18.2. The number of ether oxygens (including phenoxy) is 1. The smallest absolute Gasteiger partial charge is 0.255 e. The number of likely N-dealkylation sites (tertiary alicyclic amines) is 1. The molecule has 5 nitrogen and oxygen atoms in total. The lowest BCUT2D eigenvalue weighted by atomic mass is 9.98. The Labute approximate surface area is 179 Å². The van der Waals surface area contributed by atoms with Crippen molar-refractivity contribution in [2.24, 2.45) is 11.8 Å². The minimum Gasteiger partial charge on any atom is -0.494 e. The van der Waals surface area contributed by atoms with E-state index in [1.807, 2.05) is 17.0 Å². The van der Waals surface area contributed by atoms with Gasteiger partial charge in [-0.2, -0.15) is 0 Å². The molecule has 1 heterocycles. The fourth-order valence-electron chi connectivity index (χ4n) is 3.44. The van der Waals surface area contributed by atoms with Gasteiger partial charge in [-0.15, -0.1) is 0 Å². The fourth-order valence-corrected chi connectivity index (χ4v) is 3.44. The van der Waals surface area contributed by atoms with E-state index in [9.17, 15) is 9.59 Å². The number of anilines is 1. The van der Waals surface area contributed by atoms with Crippen molar-refractivity contribution in [2.75, 3.05) is 25.0 Å². The molecule has 0 unspecified atom stereocenters. The Morgan fingerprint density at radius 3 is 2.43 bits per heavy atom. The van der Waals surface area contributed by atoms with Crippen molar-refractivity contribution in [3.05, 3.63) is 59.7 Å². The molecule has 0 aromatic heterocycles. The van der Waals surface area contributed by atoms with Gasteiger partial charge in [0.25, 0.3) is 11.8 Å². The number of amides is 2. The number of carbonyl (C=O) groups is 2. The van der Waals surface area contributed by atoms with Crippen LogP contribution in [0.2, 0.25) is 0 Å². The van der Waals surface area contributed by atoms with E-state index in [1.54, 1.807) is 36.4 Å². The number of benzene rings is 2. The zero-order chi connectivity index (χ0) is 21.5. The van der Waals surface area contributed by atoms with Gasteiger partial charge in [0, 0.05) is 29.9 Å². The van der Waals surface area contributed by atoms with Crippen LogP contribution in [-0.4, -0.2) is 36.4 Å². The van der Waals surface area contributed by atoms with Gasteiger partial charge in [0.1, 0.15) is 5.75 Å². The molecule has 1 fully saturated rings. The maximum absolute atomic E-state index is 12.8. The Morgan fingerprint density at radius 2 is 1.77 bits per heavy atom. The number of piperidine rings is 1. The van der Waals surface area contributed by atoms with Crippen LogP contribution in [0.1, 0.15) is 60.7 Å². The highest BCUT2D eigenvalue weighted by molar-refractivity contribution is 6.05. The Hall–Kier alpha value is -2.82. The van der Waals surface area contributed by atoms with E-state index >= 15 is 0 Å². The summed E-state index contributed by atoms with van der Waals surface area (Å²) >= 11 is 0. The van der Waals surface area contributed by atoms with Crippen molar-refractivity contribution in [1.82, 2.24) is 4.90 Å². The average Bonchev–Trinajstić information content (AvgIpc) is 2.74. The van der Waals surface area contributed by atoms with Crippen LogP contribution >= 0.6 is 0 Å². The maximum atomic E-state index is 12.8. The molecule has 160 valence electrons. The summed E-state index contributed by atoms with van der Waals surface area (Å²) in [5.41, 5.74) is 1.78. The summed E-state index contributed by atoms with van der Waals surface area (Å²) < 4.78 is 5.70. The second-order valence-corrected chi connectivity index (χ2v) is 8.57. The summed E-state index contributed by atoms with van der Waals surface area (Å²) in [6, 6.07) is 14.3. The minimum atomic E-state index is -0.208. The first kappa shape index (κ1) is 21.9. The maximum Gasteiger partial charge on any atom is 0.255 e. The van der Waals surface area contributed by atoms with Crippen LogP contribution in [-0.2, 0) is 0 Å². The van der Waals surface area contributed by atoms with Gasteiger partial charge in [-0.25, -0.2) is 0 Å². The molecule has 0 radical (unpaired) electrons. The lowest BCUT2D eigenvalue weighted by molar-refractivity contribution is 0.0697. The molecule has 1 N–H and O–H groups in total. The van der Waals surface area contributed by atoms with E-state index in [0.717, 1.165) is 38.1 Å². The first-order valence-corrected chi connectivity index (χ1v) is 10.9. The molecule has 3 rings (SSSR count). The SMILES string of the molecule is CC(C)CCOc1ccc(C(=O)Nc2cccc(C(=O)N3CCC(C)CC3)c2)cc1. The van der Waals surface area contributed by atoms with Crippen molar-refractivity contribution < 1.29 is 14.3 Å². The first-order chi connectivity index (χ1) is 14.4. The predicted molar refractivity (Wildman–Crippen MR) is 120 cm³/mol. The van der Waals surface area contributed by atoms with E-state index in [1.165, 1.54) is 0 Å². The van der Waals surface area contributed by atoms with Crippen molar-refractivity contribution in [3.8, 4) is 5.75 Å². The highest BCUT2D eigenvalue weighted by Crippen LogP contribution is 2.20. The molecule has 1 aliphatic rings. The molecule has 1 saturated heterocycles. The molecule has 0 bridgehead atoms. The van der Waals surface area contributed by atoms with Crippen LogP contribution < -0.4 is 10.1 Å². The third kappa shape index (κ3) is 6.09. The molecular formula is C25H32N2O3. The van der Waals surface area contributed by atoms with Crippen LogP contribution in [0.4, 0.5) is 5.69 Å². The molecule has 0 atom stereocenters. The fraction of sp³-hybridized carbons (Fsp3) is 0.440. The van der Waals surface area contributed by atoms with Gasteiger partial charge in [0.2, 0.25) is 0 Å². The third-order valence-corrected chi connectivity index (χ3v) is 5.52. The van der Waals surface area contributed by atoms with E-state index in [2.05, 4.69) is 26.1 Å². The highest BCUT2D eigenvalue weighted by atomic mass is 16.5. The summed E-state index contributed by atoms with van der Waals surface area (Å²) in [7, 11) is 0. The van der Waals surface area contributed by atoms with Crippen molar-refractivity contribution in [1.29, 1.82) is 0 Å². The zero-order valence-electron chi connectivity index (χ0n) is 18.2. The molecular weight excluding hydrogens is 376 g/mol. The molecule has 2 amide bonds. The lowest BCUT2D eigenvalue weighted by Gasteiger charge is -2.30. The first-order valence-electron chi connectivity index (χ1n) is 10.9. The molecule has 0 saturated carbocycles. The Kier molecular flexibility index (Phi) is 7.50. The van der Waals surface area contributed by atoms with Crippen LogP contribution in [0.15, 0.2) is 48.5 Å². The second kappa shape index (κ2) is 10.3. The number of nitrogens with one attached hydrogen (secondary N) is 1. The van der Waals surface area contributed by atoms with E-state index in [4.69, 9.17) is 4.74 Å². The Morgan fingerprint density at radius 1 is 1.07 bits per heavy atom. The van der Waals surface area contributed by atoms with Gasteiger partial charge in [-0.3, -0.25) is 9.59 Å². The lowest BCUT2D eigenvalue weighted by Crippen LogP contribution is -2.37. The van der Waals surface area contributed by atoms with E-state index in [0.29, 0.717) is 35.3 Å². The molecule has 2 aromatic rings. The minimum absolute atomic E-state index is 0.0286. The summed E-state index contributed by atoms with van der Waals surface area (Å²) in [6.45, 7) is 8.80. The molecule has 2 aromatic carbocycles. The summed E-state index contributed by atoms with van der Waals surface area (Å²) in [5.74, 6) is 1.85. The van der Waals surface area contributed by atoms with E-state index < -0.39 is 0 Å². The normalized spacial score (nSPS) is 14.6. The topological polar surface area (TPSA) is 58.6 Å². The second-order valence-electron chi connectivity index (χ2n) is 8.57. The Balaban J connectivity index is 1.59. The summed E-state index contributed by atoms with van der Waals surface area (Å²) in [5, 5.41) is 2.89. The highest BCUT2D eigenvalue weighted by Gasteiger charge is 2.21. The van der Waals surface area contributed by atoms with Gasteiger partial charge in [-0.1, -0.05) is 26.8 Å². The van der Waals surface area contributed by atoms with E-state index in [-0.39, 0.29) is 11.8 Å². The van der Waals surface area contributed by atoms with Gasteiger partial charge in [-0.05, 0) is 73.6 Å². The van der Waals surface area contributed by atoms with Gasteiger partial charge >= 0.3 is 0 Å². The average molecular weight is 409 g/mol. The summed E-state index contributed by atoms with van der Waals surface area (Å²) in [6.07, 6.45) is 3.08. The summed E-state index contributed by atoms with van der Waals surface area (Å²) in [4.78, 5) is 27.3. The quantitative estimate of drug-likeness (QED) is 0.682. The van der Waals surface area contributed by atoms with Gasteiger partial charge in [0.05, 0.1) is 6.61 Å². The van der Waals surface area contributed by atoms with Crippen LogP contribution in [0, 0.1) is 11.8 Å². The Bertz CT molecular complexity index is 853. The van der Waals surface area contributed by atoms with Gasteiger partial charge in [0.15, 0.2) is 0 Å².